The SMILES string of the molecule is COC(=O)COC(=O)[C@H](Cc1c[nH]c2ccc(OC(=O)OCc3ccccc3)cc12)NC(=O)OCc1ccccc1. The first-order chi connectivity index (χ1) is 19.9. The first-order valence-corrected chi connectivity index (χ1v) is 12.6. The molecule has 0 unspecified atom stereocenters. The number of hydrogen-bond donors (Lipinski definition) is 2. The predicted octanol–water partition coefficient (Wildman–Crippen LogP) is 4.44. The third-order valence-electron chi connectivity index (χ3n) is 5.91. The lowest BCUT2D eigenvalue weighted by Gasteiger charge is -2.17. The van der Waals surface area contributed by atoms with Crippen LogP contribution < -0.4 is 10.1 Å². The molecular formula is C30H28N2O9. The minimum Gasteiger partial charge on any atom is -0.466 e. The molecule has 212 valence electrons. The van der Waals surface area contributed by atoms with Crippen molar-refractivity contribution < 1.29 is 42.9 Å². The largest absolute Gasteiger partial charge is 0.514 e. The molecule has 2 N–H and O–H groups in total. The highest BCUT2D eigenvalue weighted by atomic mass is 16.7. The van der Waals surface area contributed by atoms with E-state index >= 15 is 0 Å². The molecule has 0 aliphatic heterocycles. The monoisotopic (exact) mass is 560 g/mol. The fraction of sp³-hybridized carbons (Fsp3) is 0.200. The zero-order valence-corrected chi connectivity index (χ0v) is 22.2. The first-order valence-electron chi connectivity index (χ1n) is 12.6. The van der Waals surface area contributed by atoms with Crippen LogP contribution in [0.25, 0.3) is 10.9 Å². The van der Waals surface area contributed by atoms with Gasteiger partial charge in [0.15, 0.2) is 6.61 Å². The number of benzene rings is 3. The van der Waals surface area contributed by atoms with Crippen molar-refractivity contribution in [1.29, 1.82) is 0 Å². The Hall–Kier alpha value is -5.32. The first kappa shape index (κ1) is 28.7. The van der Waals surface area contributed by atoms with E-state index in [-0.39, 0.29) is 25.4 Å². The summed E-state index contributed by atoms with van der Waals surface area (Å²) in [4.78, 5) is 52.2. The van der Waals surface area contributed by atoms with Crippen LogP contribution in [0.4, 0.5) is 9.59 Å². The van der Waals surface area contributed by atoms with E-state index in [4.69, 9.17) is 18.9 Å². The van der Waals surface area contributed by atoms with Crippen molar-refractivity contribution in [2.45, 2.75) is 25.7 Å². The van der Waals surface area contributed by atoms with Crippen LogP contribution in [-0.2, 0) is 48.2 Å². The van der Waals surface area contributed by atoms with Gasteiger partial charge in [-0.1, -0.05) is 60.7 Å². The van der Waals surface area contributed by atoms with Crippen LogP contribution in [0.15, 0.2) is 85.1 Å². The van der Waals surface area contributed by atoms with Crippen LogP contribution in [0, 0.1) is 0 Å². The number of aromatic nitrogens is 1. The number of amides is 1. The molecule has 0 fully saturated rings. The van der Waals surface area contributed by atoms with Gasteiger partial charge >= 0.3 is 24.2 Å². The van der Waals surface area contributed by atoms with Crippen molar-refractivity contribution in [3.8, 4) is 5.75 Å². The molecule has 41 heavy (non-hydrogen) atoms. The summed E-state index contributed by atoms with van der Waals surface area (Å²) in [6, 6.07) is 21.9. The second-order valence-corrected chi connectivity index (χ2v) is 8.79. The lowest BCUT2D eigenvalue weighted by molar-refractivity contribution is -0.158. The number of methoxy groups -OCH3 is 1. The third-order valence-corrected chi connectivity index (χ3v) is 5.91. The van der Waals surface area contributed by atoms with Crippen LogP contribution in [-0.4, -0.2) is 48.9 Å². The van der Waals surface area contributed by atoms with E-state index in [9.17, 15) is 19.2 Å². The topological polar surface area (TPSA) is 142 Å². The Kier molecular flexibility index (Phi) is 9.92. The van der Waals surface area contributed by atoms with E-state index in [1.54, 1.807) is 36.5 Å². The summed E-state index contributed by atoms with van der Waals surface area (Å²) in [5.41, 5.74) is 2.87. The van der Waals surface area contributed by atoms with Crippen LogP contribution in [0.3, 0.4) is 0 Å². The van der Waals surface area contributed by atoms with Crippen LogP contribution in [0.5, 0.6) is 5.75 Å². The number of esters is 2. The molecule has 0 saturated carbocycles. The number of hydrogen-bond acceptors (Lipinski definition) is 9. The highest BCUT2D eigenvalue weighted by Gasteiger charge is 2.26. The standard InChI is InChI=1S/C30H28N2O9/c1-37-27(33)19-38-28(34)26(32-29(35)39-17-20-8-4-2-5-9-20)14-22-16-31-25-13-12-23(15-24(22)25)41-30(36)40-18-21-10-6-3-7-11-21/h2-13,15-16,26,31H,14,17-19H2,1H3,(H,32,35)/t26-/m0/s1. The Bertz CT molecular complexity index is 1490. The average Bonchev–Trinajstić information content (AvgIpc) is 3.40. The van der Waals surface area contributed by atoms with Gasteiger partial charge in [-0.15, -0.1) is 0 Å². The average molecular weight is 561 g/mol. The van der Waals surface area contributed by atoms with Gasteiger partial charge < -0.3 is 34.0 Å². The van der Waals surface area contributed by atoms with Crippen molar-refractivity contribution >= 4 is 35.1 Å². The van der Waals surface area contributed by atoms with E-state index in [2.05, 4.69) is 15.0 Å². The summed E-state index contributed by atoms with van der Waals surface area (Å²) >= 11 is 0. The number of H-pyrrole nitrogens is 1. The molecular weight excluding hydrogens is 532 g/mol. The normalized spacial score (nSPS) is 11.2. The quantitative estimate of drug-likeness (QED) is 0.155. The van der Waals surface area contributed by atoms with Gasteiger partial charge in [-0.25, -0.2) is 19.2 Å². The molecule has 0 bridgehead atoms. The molecule has 1 heterocycles. The van der Waals surface area contributed by atoms with Crippen molar-refractivity contribution in [3.63, 3.8) is 0 Å². The van der Waals surface area contributed by atoms with E-state index in [1.807, 2.05) is 48.5 Å². The van der Waals surface area contributed by atoms with E-state index in [1.165, 1.54) is 0 Å². The smallest absolute Gasteiger partial charge is 0.466 e. The molecule has 1 atom stereocenters. The fourth-order valence-corrected chi connectivity index (χ4v) is 3.84. The van der Waals surface area contributed by atoms with Crippen molar-refractivity contribution in [3.05, 3.63) is 102 Å². The minimum atomic E-state index is -1.21. The molecule has 4 rings (SSSR count). The number of carbonyl (C=O) groups is 4. The van der Waals surface area contributed by atoms with Gasteiger partial charge in [0.25, 0.3) is 0 Å². The fourth-order valence-electron chi connectivity index (χ4n) is 3.84. The Morgan fingerprint density at radius 2 is 1.49 bits per heavy atom. The number of aromatic amines is 1. The summed E-state index contributed by atoms with van der Waals surface area (Å²) < 4.78 is 25.3. The Labute approximate surface area is 235 Å². The Morgan fingerprint density at radius 3 is 2.15 bits per heavy atom. The summed E-state index contributed by atoms with van der Waals surface area (Å²) in [5.74, 6) is -1.40. The molecule has 1 aromatic heterocycles. The van der Waals surface area contributed by atoms with Crippen LogP contribution >= 0.6 is 0 Å². The van der Waals surface area contributed by atoms with Crippen molar-refractivity contribution in [2.75, 3.05) is 13.7 Å². The highest BCUT2D eigenvalue weighted by Crippen LogP contribution is 2.25. The molecule has 1 amide bonds. The van der Waals surface area contributed by atoms with E-state index in [0.29, 0.717) is 16.5 Å². The Morgan fingerprint density at radius 1 is 0.829 bits per heavy atom. The summed E-state index contributed by atoms with van der Waals surface area (Å²) in [7, 11) is 1.16. The molecule has 0 spiro atoms. The van der Waals surface area contributed by atoms with E-state index < -0.39 is 36.8 Å². The highest BCUT2D eigenvalue weighted by molar-refractivity contribution is 5.88. The maximum atomic E-state index is 12.8. The van der Waals surface area contributed by atoms with Gasteiger partial charge in [-0.2, -0.15) is 0 Å². The minimum absolute atomic E-state index is 0.00917. The molecule has 11 heteroatoms. The summed E-state index contributed by atoms with van der Waals surface area (Å²) in [5, 5.41) is 3.13. The summed E-state index contributed by atoms with van der Waals surface area (Å²) in [6.07, 6.45) is -0.0986. The lowest BCUT2D eigenvalue weighted by atomic mass is 10.0. The molecule has 4 aromatic rings. The van der Waals surface area contributed by atoms with Gasteiger partial charge in [-0.3, -0.25) is 0 Å². The molecule has 11 nitrogen and oxygen atoms in total. The number of fused-ring (bicyclic) bond motifs is 1. The van der Waals surface area contributed by atoms with Gasteiger partial charge in [0, 0.05) is 23.5 Å². The number of nitrogens with one attached hydrogen (secondary N) is 2. The number of alkyl carbamates (subject to hydrolysis) is 1. The van der Waals surface area contributed by atoms with Crippen LogP contribution in [0.2, 0.25) is 0 Å². The predicted molar refractivity (Wildman–Crippen MR) is 146 cm³/mol. The van der Waals surface area contributed by atoms with Gasteiger partial charge in [0.05, 0.1) is 7.11 Å². The Balaban J connectivity index is 1.44. The van der Waals surface area contributed by atoms with Gasteiger partial charge in [0.1, 0.15) is 25.0 Å². The van der Waals surface area contributed by atoms with Crippen LogP contribution in [0.1, 0.15) is 16.7 Å². The number of carbonyl (C=O) groups excluding carboxylic acids is 4. The molecule has 0 aliphatic rings. The number of ether oxygens (including phenoxy) is 5. The second kappa shape index (κ2) is 14.2. The molecule has 0 radical (unpaired) electrons. The van der Waals surface area contributed by atoms with Gasteiger partial charge in [0.2, 0.25) is 0 Å². The van der Waals surface area contributed by atoms with Gasteiger partial charge in [-0.05, 0) is 34.9 Å². The lowest BCUT2D eigenvalue weighted by Crippen LogP contribution is -2.44. The zero-order chi connectivity index (χ0) is 29.0. The molecule has 3 aromatic carbocycles. The van der Waals surface area contributed by atoms with Crippen molar-refractivity contribution in [2.24, 2.45) is 0 Å². The zero-order valence-electron chi connectivity index (χ0n) is 22.2. The maximum Gasteiger partial charge on any atom is 0.514 e. The summed E-state index contributed by atoms with van der Waals surface area (Å²) in [6.45, 7) is -0.576. The van der Waals surface area contributed by atoms with Crippen molar-refractivity contribution in [1.82, 2.24) is 10.3 Å². The number of rotatable bonds is 11. The molecule has 0 aliphatic carbocycles. The van der Waals surface area contributed by atoms with E-state index in [0.717, 1.165) is 18.2 Å². The maximum absolute atomic E-state index is 12.8. The second-order valence-electron chi connectivity index (χ2n) is 8.79. The third kappa shape index (κ3) is 8.59. The molecule has 0 saturated heterocycles.